The average molecular weight is 630 g/mol. The first-order chi connectivity index (χ1) is 23.8. The van der Waals surface area contributed by atoms with E-state index in [2.05, 4.69) is 157 Å². The zero-order valence-electron chi connectivity index (χ0n) is 28.2. The first-order valence-electron chi connectivity index (χ1n) is 17.7. The van der Waals surface area contributed by atoms with Gasteiger partial charge in [-0.05, 0) is 57.3 Å². The molecule has 2 aromatic heterocycles. The molecule has 2 aliphatic carbocycles. The van der Waals surface area contributed by atoms with E-state index in [0.29, 0.717) is 0 Å². The third kappa shape index (κ3) is 2.91. The van der Waals surface area contributed by atoms with Gasteiger partial charge in [-0.1, -0.05) is 94.4 Å². The number of hydrogen-bond donors (Lipinski definition) is 0. The van der Waals surface area contributed by atoms with Gasteiger partial charge in [-0.3, -0.25) is 0 Å². The molecule has 3 nitrogen and oxygen atoms in total. The normalized spacial score (nSPS) is 18.9. The van der Waals surface area contributed by atoms with Crippen LogP contribution in [-0.4, -0.2) is 0 Å². The van der Waals surface area contributed by atoms with Crippen molar-refractivity contribution in [2.75, 3.05) is 4.90 Å². The van der Waals surface area contributed by atoms with Crippen LogP contribution in [0.5, 0.6) is 0 Å². The number of para-hydroxylation sites is 1. The molecule has 0 saturated carbocycles. The lowest BCUT2D eigenvalue weighted by Crippen LogP contribution is -2.48. The van der Waals surface area contributed by atoms with Crippen molar-refractivity contribution in [3.63, 3.8) is 0 Å². The van der Waals surface area contributed by atoms with Crippen LogP contribution in [-0.2, 0) is 23.8 Å². The smallest absolute Gasteiger partial charge is 0.226 e. The maximum atomic E-state index is 2.60. The largest absolute Gasteiger partial charge is 0.310 e. The van der Waals surface area contributed by atoms with Crippen molar-refractivity contribution in [1.82, 2.24) is 0 Å². The molecule has 12 rings (SSSR count). The summed E-state index contributed by atoms with van der Waals surface area (Å²) < 4.78 is 5.15. The van der Waals surface area contributed by atoms with Gasteiger partial charge in [0.1, 0.15) is 0 Å². The fourth-order valence-corrected chi connectivity index (χ4v) is 10.5. The molecule has 0 amide bonds. The number of benzene rings is 5. The topological polar surface area (TPSA) is 11.0 Å². The molecule has 0 spiro atoms. The predicted octanol–water partition coefficient (Wildman–Crippen LogP) is 9.90. The van der Waals surface area contributed by atoms with Crippen LogP contribution < -0.4 is 14.0 Å². The lowest BCUT2D eigenvalue weighted by atomic mass is 9.65. The Balaban J connectivity index is 1.33. The van der Waals surface area contributed by atoms with Crippen molar-refractivity contribution in [1.29, 1.82) is 0 Å². The van der Waals surface area contributed by atoms with E-state index in [-0.39, 0.29) is 10.8 Å². The lowest BCUT2D eigenvalue weighted by molar-refractivity contribution is -0.674. The molecule has 0 atom stereocenters. The monoisotopic (exact) mass is 629 g/mol. The molecule has 0 fully saturated rings. The summed E-state index contributed by atoms with van der Waals surface area (Å²) in [5, 5.41) is 5.46. The molecule has 0 unspecified atom stereocenters. The van der Waals surface area contributed by atoms with Crippen LogP contribution in [0, 0.1) is 0 Å². The van der Waals surface area contributed by atoms with Crippen LogP contribution in [0.15, 0.2) is 116 Å². The number of rotatable bonds is 1. The summed E-state index contributed by atoms with van der Waals surface area (Å²) in [6.07, 6.45) is 5.60. The summed E-state index contributed by atoms with van der Waals surface area (Å²) in [6.45, 7) is 10.5. The zero-order chi connectivity index (χ0) is 32.6. The fraction of sp³-hybridized carbons (Fsp3) is 0.174. The molecule has 232 valence electrons. The van der Waals surface area contributed by atoms with Gasteiger partial charge >= 0.3 is 0 Å². The van der Waals surface area contributed by atoms with E-state index < -0.39 is 0 Å². The Morgan fingerprint density at radius 1 is 0.551 bits per heavy atom. The van der Waals surface area contributed by atoms with E-state index in [0.717, 1.165) is 13.0 Å². The minimum absolute atomic E-state index is 0.110. The maximum Gasteiger partial charge on any atom is 0.226 e. The van der Waals surface area contributed by atoms with E-state index in [1.165, 1.54) is 106 Å². The number of hydrogen-bond acceptors (Lipinski definition) is 1. The molecule has 5 aromatic carbocycles. The van der Waals surface area contributed by atoms with E-state index in [1.54, 1.807) is 0 Å². The summed E-state index contributed by atoms with van der Waals surface area (Å²) in [4.78, 5) is 2.59. The van der Waals surface area contributed by atoms with Crippen LogP contribution >= 0.6 is 0 Å². The Labute approximate surface area is 286 Å². The van der Waals surface area contributed by atoms with Gasteiger partial charge in [0, 0.05) is 39.8 Å². The van der Waals surface area contributed by atoms with E-state index >= 15 is 0 Å². The highest BCUT2D eigenvalue weighted by Gasteiger charge is 2.50. The highest BCUT2D eigenvalue weighted by atomic mass is 15.2. The van der Waals surface area contributed by atoms with E-state index in [1.807, 2.05) is 0 Å². The van der Waals surface area contributed by atoms with E-state index in [4.69, 9.17) is 0 Å². The highest BCUT2D eigenvalue weighted by Crippen LogP contribution is 2.59. The summed E-state index contributed by atoms with van der Waals surface area (Å²) in [7, 11) is 0. The Hall–Kier alpha value is -5.54. The number of pyridine rings is 2. The minimum Gasteiger partial charge on any atom is -0.310 e. The van der Waals surface area contributed by atoms with Crippen molar-refractivity contribution >= 4 is 49.9 Å². The first kappa shape index (κ1) is 26.4. The summed E-state index contributed by atoms with van der Waals surface area (Å²) in [6, 6.07) is 39.4. The zero-order valence-corrected chi connectivity index (χ0v) is 28.2. The van der Waals surface area contributed by atoms with Crippen molar-refractivity contribution < 1.29 is 9.13 Å². The third-order valence-corrected chi connectivity index (χ3v) is 12.8. The fourth-order valence-electron chi connectivity index (χ4n) is 10.5. The Morgan fingerprint density at radius 2 is 1.20 bits per heavy atom. The Kier molecular flexibility index (Phi) is 4.50. The maximum absolute atomic E-state index is 2.60. The highest BCUT2D eigenvalue weighted by molar-refractivity contribution is 6.10. The van der Waals surface area contributed by atoms with Gasteiger partial charge in [0.25, 0.3) is 0 Å². The number of nitrogens with zero attached hydrogens (tertiary/aromatic N) is 3. The number of anilines is 3. The van der Waals surface area contributed by atoms with Gasteiger partial charge in [0.05, 0.1) is 45.3 Å². The van der Waals surface area contributed by atoms with Crippen LogP contribution in [0.2, 0.25) is 0 Å². The van der Waals surface area contributed by atoms with Crippen LogP contribution in [0.1, 0.15) is 61.1 Å². The molecular formula is C46H35N3+2. The molecule has 3 heteroatoms. The SMILES string of the molecule is CC1(C)c2ccc3c4c2-c2c5c1cccc5cc[n+]2C/C4=C1/Cc2c(ccc4c2-c2c5c(cccc5cc[n+]21)C4(C)C)N3c1ccccc1. The van der Waals surface area contributed by atoms with Gasteiger partial charge in [0.15, 0.2) is 18.9 Å². The van der Waals surface area contributed by atoms with Crippen molar-refractivity contribution in [2.24, 2.45) is 0 Å². The summed E-state index contributed by atoms with van der Waals surface area (Å²) in [5.41, 5.74) is 20.5. The summed E-state index contributed by atoms with van der Waals surface area (Å²) in [5.74, 6) is 0. The van der Waals surface area contributed by atoms with Crippen molar-refractivity contribution in [2.45, 2.75) is 51.5 Å². The lowest BCUT2D eigenvalue weighted by Gasteiger charge is -2.42. The minimum atomic E-state index is -0.141. The second-order valence-corrected chi connectivity index (χ2v) is 15.8. The van der Waals surface area contributed by atoms with Gasteiger partial charge in [0.2, 0.25) is 17.1 Å². The number of allylic oxidation sites excluding steroid dienone is 2. The molecular weight excluding hydrogens is 595 g/mol. The Bertz CT molecular complexity index is 2760. The molecule has 5 heterocycles. The van der Waals surface area contributed by atoms with Crippen molar-refractivity contribution in [3.8, 4) is 22.5 Å². The van der Waals surface area contributed by atoms with Crippen LogP contribution in [0.25, 0.3) is 55.3 Å². The molecule has 7 aromatic rings. The van der Waals surface area contributed by atoms with Gasteiger partial charge < -0.3 is 4.90 Å². The number of aromatic nitrogens is 2. The molecule has 4 bridgehead atoms. The average Bonchev–Trinajstić information content (AvgIpc) is 3.12. The van der Waals surface area contributed by atoms with Gasteiger partial charge in [-0.2, -0.15) is 9.13 Å². The molecule has 49 heavy (non-hydrogen) atoms. The predicted molar refractivity (Wildman–Crippen MR) is 198 cm³/mol. The van der Waals surface area contributed by atoms with Gasteiger partial charge in [-0.15, -0.1) is 0 Å². The molecule has 0 N–H and O–H groups in total. The quantitative estimate of drug-likeness (QED) is 0.165. The van der Waals surface area contributed by atoms with Gasteiger partial charge in [-0.25, -0.2) is 0 Å². The summed E-state index contributed by atoms with van der Waals surface area (Å²) >= 11 is 0. The molecule has 0 saturated heterocycles. The molecule has 3 aliphatic heterocycles. The molecule has 0 radical (unpaired) electrons. The molecule has 5 aliphatic rings. The van der Waals surface area contributed by atoms with E-state index in [9.17, 15) is 0 Å². The first-order valence-corrected chi connectivity index (χ1v) is 17.7. The van der Waals surface area contributed by atoms with Crippen LogP contribution in [0.3, 0.4) is 0 Å². The third-order valence-electron chi connectivity index (χ3n) is 12.8. The van der Waals surface area contributed by atoms with Crippen molar-refractivity contribution in [3.05, 3.63) is 149 Å². The second-order valence-electron chi connectivity index (χ2n) is 15.8. The van der Waals surface area contributed by atoms with Crippen LogP contribution in [0.4, 0.5) is 17.1 Å². The second kappa shape index (κ2) is 8.36. The Morgan fingerprint density at radius 3 is 1.94 bits per heavy atom. The standard InChI is InChI=1S/C46H35N3/c1-45(2)32-15-9-11-27-21-23-48-37-24-29-35(18-16-33(45)40(29)44(48)39(27)32)49(28-12-6-5-7-13-28)36-19-17-34-42-41(36)30(37)25-47-22-20-26-10-8-14-31(46(34,3)4)38(26)43(42)47/h5-23H,24-25H2,1-4H3/q+2/b37-30+.